The summed E-state index contributed by atoms with van der Waals surface area (Å²) in [6.07, 6.45) is 4.23. The van der Waals surface area contributed by atoms with Crippen molar-refractivity contribution in [2.75, 3.05) is 20.1 Å². The molecule has 2 fully saturated rings. The van der Waals surface area contributed by atoms with Gasteiger partial charge in [0.25, 0.3) is 5.91 Å². The summed E-state index contributed by atoms with van der Waals surface area (Å²) in [5.41, 5.74) is 0.405. The summed E-state index contributed by atoms with van der Waals surface area (Å²) in [6.45, 7) is 1.08. The van der Waals surface area contributed by atoms with Crippen molar-refractivity contribution in [2.45, 2.75) is 25.7 Å². The Morgan fingerprint density at radius 3 is 2.45 bits per heavy atom. The molecule has 5 heteroatoms. The van der Waals surface area contributed by atoms with Gasteiger partial charge in [0.1, 0.15) is 5.82 Å². The molecule has 0 bridgehead atoms. The van der Waals surface area contributed by atoms with Crippen molar-refractivity contribution in [1.82, 2.24) is 10.2 Å². The SMILES string of the molecule is CNC(=O)[C@@H]1CN(C(=O)c2ccc(F)cc2)CC12CCCC2. The smallest absolute Gasteiger partial charge is 0.253 e. The molecule has 1 N–H and O–H groups in total. The van der Waals surface area contributed by atoms with Crippen molar-refractivity contribution in [2.24, 2.45) is 11.3 Å². The van der Waals surface area contributed by atoms with Gasteiger partial charge in [0.05, 0.1) is 5.92 Å². The van der Waals surface area contributed by atoms with Gasteiger partial charge in [-0.15, -0.1) is 0 Å². The molecule has 2 amide bonds. The predicted octanol–water partition coefficient (Wildman–Crippen LogP) is 2.20. The normalized spacial score (nSPS) is 23.0. The molecule has 1 saturated carbocycles. The van der Waals surface area contributed by atoms with Gasteiger partial charge in [0.15, 0.2) is 0 Å². The summed E-state index contributed by atoms with van der Waals surface area (Å²) in [6, 6.07) is 5.61. The van der Waals surface area contributed by atoms with Crippen LogP contribution >= 0.6 is 0 Å². The first kappa shape index (κ1) is 15.0. The van der Waals surface area contributed by atoms with Gasteiger partial charge in [0, 0.05) is 31.1 Å². The van der Waals surface area contributed by atoms with Gasteiger partial charge in [-0.25, -0.2) is 4.39 Å². The molecule has 4 nitrogen and oxygen atoms in total. The maximum absolute atomic E-state index is 13.0. The number of hydrogen-bond acceptors (Lipinski definition) is 2. The van der Waals surface area contributed by atoms with Crippen LogP contribution in [0.3, 0.4) is 0 Å². The highest BCUT2D eigenvalue weighted by molar-refractivity contribution is 5.95. The fourth-order valence-electron chi connectivity index (χ4n) is 4.02. The Labute approximate surface area is 129 Å². The number of likely N-dealkylation sites (tertiary alicyclic amines) is 1. The molecule has 0 radical (unpaired) electrons. The Hall–Kier alpha value is -1.91. The highest BCUT2D eigenvalue weighted by Crippen LogP contribution is 2.49. The van der Waals surface area contributed by atoms with Gasteiger partial charge >= 0.3 is 0 Å². The van der Waals surface area contributed by atoms with Crippen molar-refractivity contribution in [3.05, 3.63) is 35.6 Å². The molecule has 118 valence electrons. The Morgan fingerprint density at radius 2 is 1.86 bits per heavy atom. The molecule has 22 heavy (non-hydrogen) atoms. The third-order valence-corrected chi connectivity index (χ3v) is 5.19. The summed E-state index contributed by atoms with van der Waals surface area (Å²) >= 11 is 0. The molecular formula is C17H21FN2O2. The maximum Gasteiger partial charge on any atom is 0.253 e. The van der Waals surface area contributed by atoms with Crippen molar-refractivity contribution in [3.63, 3.8) is 0 Å². The van der Waals surface area contributed by atoms with E-state index >= 15 is 0 Å². The standard InChI is InChI=1S/C17H21FN2O2/c1-19-15(21)14-10-20(11-17(14)8-2-3-9-17)16(22)12-4-6-13(18)7-5-12/h4-7,14H,2-3,8-11H2,1H3,(H,19,21)/t14-/m0/s1. The number of rotatable bonds is 2. The lowest BCUT2D eigenvalue weighted by atomic mass is 9.76. The van der Waals surface area contributed by atoms with E-state index < -0.39 is 0 Å². The van der Waals surface area contributed by atoms with Crippen molar-refractivity contribution in [3.8, 4) is 0 Å². The minimum Gasteiger partial charge on any atom is -0.359 e. The number of nitrogens with one attached hydrogen (secondary N) is 1. The van der Waals surface area contributed by atoms with E-state index in [1.807, 2.05) is 0 Å². The number of nitrogens with zero attached hydrogens (tertiary/aromatic N) is 1. The third-order valence-electron chi connectivity index (χ3n) is 5.19. The summed E-state index contributed by atoms with van der Waals surface area (Å²) in [5.74, 6) is -0.577. The van der Waals surface area contributed by atoms with Gasteiger partial charge in [-0.3, -0.25) is 9.59 Å². The number of carbonyl (C=O) groups is 2. The maximum atomic E-state index is 13.0. The van der Waals surface area contributed by atoms with Crippen LogP contribution in [0.15, 0.2) is 24.3 Å². The van der Waals surface area contributed by atoms with Crippen molar-refractivity contribution in [1.29, 1.82) is 0 Å². The quantitative estimate of drug-likeness (QED) is 0.910. The van der Waals surface area contributed by atoms with E-state index in [2.05, 4.69) is 5.32 Å². The molecule has 1 aromatic carbocycles. The van der Waals surface area contributed by atoms with Crippen LogP contribution in [-0.4, -0.2) is 36.9 Å². The number of halogens is 1. The number of amides is 2. The average molecular weight is 304 g/mol. The summed E-state index contributed by atoms with van der Waals surface area (Å²) < 4.78 is 13.0. The molecule has 2 aliphatic rings. The van der Waals surface area contributed by atoms with Gasteiger partial charge in [-0.2, -0.15) is 0 Å². The molecule has 1 atom stereocenters. The molecule has 1 aliphatic carbocycles. The average Bonchev–Trinajstić information content (AvgIpc) is 3.15. The summed E-state index contributed by atoms with van der Waals surface area (Å²) in [4.78, 5) is 26.6. The van der Waals surface area contributed by atoms with Crippen LogP contribution in [-0.2, 0) is 4.79 Å². The lowest BCUT2D eigenvalue weighted by Gasteiger charge is -2.28. The number of carbonyl (C=O) groups excluding carboxylic acids is 2. The predicted molar refractivity (Wildman–Crippen MR) is 80.8 cm³/mol. The Kier molecular flexibility index (Phi) is 3.89. The second kappa shape index (κ2) is 5.71. The first-order valence-electron chi connectivity index (χ1n) is 7.82. The molecule has 1 saturated heterocycles. The van der Waals surface area contributed by atoms with Crippen molar-refractivity contribution < 1.29 is 14.0 Å². The molecule has 1 aromatic rings. The van der Waals surface area contributed by atoms with E-state index in [4.69, 9.17) is 0 Å². The Bertz CT molecular complexity index is 579. The van der Waals surface area contributed by atoms with Gasteiger partial charge in [0.2, 0.25) is 5.91 Å². The molecule has 1 spiro atoms. The lowest BCUT2D eigenvalue weighted by molar-refractivity contribution is -0.127. The van der Waals surface area contributed by atoms with E-state index in [0.717, 1.165) is 25.7 Å². The lowest BCUT2D eigenvalue weighted by Crippen LogP contribution is -2.38. The third kappa shape index (κ3) is 2.49. The minimum atomic E-state index is -0.353. The zero-order valence-electron chi connectivity index (χ0n) is 12.8. The first-order chi connectivity index (χ1) is 10.6. The largest absolute Gasteiger partial charge is 0.359 e. The van der Waals surface area contributed by atoms with Gasteiger partial charge in [-0.1, -0.05) is 12.8 Å². The van der Waals surface area contributed by atoms with Crippen LogP contribution in [0.2, 0.25) is 0 Å². The summed E-state index contributed by atoms with van der Waals surface area (Å²) in [5, 5.41) is 2.74. The topological polar surface area (TPSA) is 49.4 Å². The highest BCUT2D eigenvalue weighted by atomic mass is 19.1. The molecular weight excluding hydrogens is 283 g/mol. The molecule has 1 heterocycles. The minimum absolute atomic E-state index is 0.0244. The van der Waals surface area contributed by atoms with E-state index in [-0.39, 0.29) is 29.0 Å². The van der Waals surface area contributed by atoms with Crippen LogP contribution in [0.25, 0.3) is 0 Å². The van der Waals surface area contributed by atoms with E-state index in [0.29, 0.717) is 18.7 Å². The monoisotopic (exact) mass is 304 g/mol. The number of hydrogen-bond donors (Lipinski definition) is 1. The van der Waals surface area contributed by atoms with Gasteiger partial charge in [-0.05, 0) is 37.1 Å². The Morgan fingerprint density at radius 1 is 1.23 bits per heavy atom. The van der Waals surface area contributed by atoms with Crippen molar-refractivity contribution >= 4 is 11.8 Å². The highest BCUT2D eigenvalue weighted by Gasteiger charge is 2.52. The van der Waals surface area contributed by atoms with Crippen LogP contribution in [0.4, 0.5) is 4.39 Å². The molecule has 3 rings (SSSR count). The Balaban J connectivity index is 1.82. The van der Waals surface area contributed by atoms with E-state index in [9.17, 15) is 14.0 Å². The zero-order valence-corrected chi connectivity index (χ0v) is 12.8. The molecule has 0 aromatic heterocycles. The number of benzene rings is 1. The summed E-state index contributed by atoms with van der Waals surface area (Å²) in [7, 11) is 1.65. The molecule has 1 aliphatic heterocycles. The first-order valence-corrected chi connectivity index (χ1v) is 7.82. The van der Waals surface area contributed by atoms with E-state index in [1.54, 1.807) is 11.9 Å². The zero-order chi connectivity index (χ0) is 15.7. The molecule has 0 unspecified atom stereocenters. The van der Waals surface area contributed by atoms with Crippen LogP contribution in [0.5, 0.6) is 0 Å². The van der Waals surface area contributed by atoms with Crippen LogP contribution < -0.4 is 5.32 Å². The second-order valence-corrected chi connectivity index (χ2v) is 6.43. The van der Waals surface area contributed by atoms with Crippen LogP contribution in [0.1, 0.15) is 36.0 Å². The fraction of sp³-hybridized carbons (Fsp3) is 0.529. The van der Waals surface area contributed by atoms with Gasteiger partial charge < -0.3 is 10.2 Å². The van der Waals surface area contributed by atoms with Crippen LogP contribution in [0, 0.1) is 17.2 Å². The van der Waals surface area contributed by atoms with E-state index in [1.165, 1.54) is 24.3 Å². The fourth-order valence-corrected chi connectivity index (χ4v) is 4.02. The second-order valence-electron chi connectivity index (χ2n) is 6.43.